The fraction of sp³-hybridized carbons (Fsp3) is 0.636. The summed E-state index contributed by atoms with van der Waals surface area (Å²) in [6.07, 6.45) is 0. The molecule has 16 heavy (non-hydrogen) atoms. The van der Waals surface area contributed by atoms with Crippen LogP contribution in [-0.4, -0.2) is 33.8 Å². The third-order valence-electron chi connectivity index (χ3n) is 1.80. The minimum atomic E-state index is -0.793. The van der Waals surface area contributed by atoms with Gasteiger partial charge >= 0.3 is 0 Å². The van der Waals surface area contributed by atoms with Crippen molar-refractivity contribution >= 4 is 5.95 Å². The Labute approximate surface area is 95.9 Å². The molecule has 0 spiro atoms. The lowest BCUT2D eigenvalue weighted by atomic mass is 10.1. The van der Waals surface area contributed by atoms with Gasteiger partial charge in [0, 0.05) is 18.3 Å². The standard InChI is InChI=1S/C11H19N3O2/c1-5-16-9-6-8(2)13-10(14-9)12-7-11(3,4)15/h6,15H,5,7H2,1-4H3,(H,12,13,14). The number of aryl methyl sites for hydroxylation is 1. The second-order valence-electron chi connectivity index (χ2n) is 4.27. The number of hydrogen-bond donors (Lipinski definition) is 2. The molecule has 0 amide bonds. The fourth-order valence-corrected chi connectivity index (χ4v) is 1.14. The van der Waals surface area contributed by atoms with Crippen LogP contribution in [0.25, 0.3) is 0 Å². The predicted octanol–water partition coefficient (Wildman–Crippen LogP) is 1.37. The van der Waals surface area contributed by atoms with Gasteiger partial charge in [0.2, 0.25) is 11.8 Å². The zero-order chi connectivity index (χ0) is 12.2. The first-order valence-electron chi connectivity index (χ1n) is 5.35. The zero-order valence-corrected chi connectivity index (χ0v) is 10.2. The molecule has 1 rings (SSSR count). The van der Waals surface area contributed by atoms with E-state index in [-0.39, 0.29) is 0 Å². The van der Waals surface area contributed by atoms with Gasteiger partial charge in [-0.15, -0.1) is 0 Å². The van der Waals surface area contributed by atoms with E-state index in [0.717, 1.165) is 5.69 Å². The minimum Gasteiger partial charge on any atom is -0.478 e. The summed E-state index contributed by atoms with van der Waals surface area (Å²) in [7, 11) is 0. The molecule has 0 aromatic carbocycles. The Kier molecular flexibility index (Phi) is 4.06. The Morgan fingerprint density at radius 3 is 2.69 bits per heavy atom. The van der Waals surface area contributed by atoms with E-state index in [1.807, 2.05) is 13.8 Å². The molecule has 0 aliphatic rings. The molecule has 1 heterocycles. The van der Waals surface area contributed by atoms with Gasteiger partial charge in [-0.25, -0.2) is 4.98 Å². The average Bonchev–Trinajstić information content (AvgIpc) is 2.13. The summed E-state index contributed by atoms with van der Waals surface area (Å²) in [6.45, 7) is 8.18. The largest absolute Gasteiger partial charge is 0.478 e. The van der Waals surface area contributed by atoms with Crippen molar-refractivity contribution in [2.45, 2.75) is 33.3 Å². The number of rotatable bonds is 5. The highest BCUT2D eigenvalue weighted by Crippen LogP contribution is 2.12. The quantitative estimate of drug-likeness (QED) is 0.792. The summed E-state index contributed by atoms with van der Waals surface area (Å²) < 4.78 is 5.31. The van der Waals surface area contributed by atoms with Crippen LogP contribution in [-0.2, 0) is 0 Å². The normalized spacial score (nSPS) is 11.3. The molecule has 0 bridgehead atoms. The number of hydrogen-bond acceptors (Lipinski definition) is 5. The number of ether oxygens (including phenoxy) is 1. The number of aromatic nitrogens is 2. The molecule has 5 nitrogen and oxygen atoms in total. The second kappa shape index (κ2) is 5.12. The highest BCUT2D eigenvalue weighted by atomic mass is 16.5. The van der Waals surface area contributed by atoms with Gasteiger partial charge in [-0.3, -0.25) is 0 Å². The van der Waals surface area contributed by atoms with Gasteiger partial charge in [-0.1, -0.05) is 0 Å². The van der Waals surface area contributed by atoms with Crippen LogP contribution in [0.3, 0.4) is 0 Å². The molecule has 0 aliphatic carbocycles. The van der Waals surface area contributed by atoms with Crippen LogP contribution in [0, 0.1) is 6.92 Å². The molecule has 2 N–H and O–H groups in total. The van der Waals surface area contributed by atoms with E-state index in [0.29, 0.717) is 25.0 Å². The highest BCUT2D eigenvalue weighted by molar-refractivity contribution is 5.30. The molecular weight excluding hydrogens is 206 g/mol. The Balaban J connectivity index is 2.72. The van der Waals surface area contributed by atoms with Crippen molar-refractivity contribution in [3.05, 3.63) is 11.8 Å². The summed E-state index contributed by atoms with van der Waals surface area (Å²) >= 11 is 0. The molecule has 0 unspecified atom stereocenters. The molecule has 0 aliphatic heterocycles. The molecule has 90 valence electrons. The molecule has 0 saturated carbocycles. The van der Waals surface area contributed by atoms with Crippen molar-refractivity contribution in [3.8, 4) is 5.88 Å². The SMILES string of the molecule is CCOc1cc(C)nc(NCC(C)(C)O)n1. The second-order valence-corrected chi connectivity index (χ2v) is 4.27. The van der Waals surface area contributed by atoms with E-state index < -0.39 is 5.60 Å². The van der Waals surface area contributed by atoms with E-state index in [9.17, 15) is 5.11 Å². The van der Waals surface area contributed by atoms with Gasteiger partial charge < -0.3 is 15.2 Å². The topological polar surface area (TPSA) is 67.3 Å². The van der Waals surface area contributed by atoms with Crippen LogP contribution in [0.2, 0.25) is 0 Å². The molecular formula is C11H19N3O2. The van der Waals surface area contributed by atoms with Crippen LogP contribution in [0.5, 0.6) is 5.88 Å². The van der Waals surface area contributed by atoms with Crippen LogP contribution < -0.4 is 10.1 Å². The van der Waals surface area contributed by atoms with Crippen molar-refractivity contribution in [2.24, 2.45) is 0 Å². The van der Waals surface area contributed by atoms with Crippen molar-refractivity contribution in [1.82, 2.24) is 9.97 Å². The molecule has 5 heteroatoms. The average molecular weight is 225 g/mol. The summed E-state index contributed by atoms with van der Waals surface area (Å²) in [6, 6.07) is 1.78. The molecule has 0 saturated heterocycles. The van der Waals surface area contributed by atoms with Crippen molar-refractivity contribution in [2.75, 3.05) is 18.5 Å². The van der Waals surface area contributed by atoms with E-state index >= 15 is 0 Å². The highest BCUT2D eigenvalue weighted by Gasteiger charge is 2.13. The van der Waals surface area contributed by atoms with Crippen molar-refractivity contribution < 1.29 is 9.84 Å². The number of nitrogens with one attached hydrogen (secondary N) is 1. The van der Waals surface area contributed by atoms with E-state index in [2.05, 4.69) is 15.3 Å². The van der Waals surface area contributed by atoms with E-state index in [1.165, 1.54) is 0 Å². The summed E-state index contributed by atoms with van der Waals surface area (Å²) in [5.41, 5.74) is 0.0375. The Bertz CT molecular complexity index is 348. The Morgan fingerprint density at radius 1 is 1.44 bits per heavy atom. The lowest BCUT2D eigenvalue weighted by Crippen LogP contribution is -2.30. The third-order valence-corrected chi connectivity index (χ3v) is 1.80. The molecule has 1 aromatic rings. The molecule has 1 aromatic heterocycles. The maximum Gasteiger partial charge on any atom is 0.226 e. The maximum absolute atomic E-state index is 9.57. The van der Waals surface area contributed by atoms with Crippen LogP contribution >= 0.6 is 0 Å². The Morgan fingerprint density at radius 2 is 2.12 bits per heavy atom. The van der Waals surface area contributed by atoms with Gasteiger partial charge in [0.15, 0.2) is 0 Å². The van der Waals surface area contributed by atoms with E-state index in [4.69, 9.17) is 4.74 Å². The zero-order valence-electron chi connectivity index (χ0n) is 10.2. The first-order chi connectivity index (χ1) is 7.40. The predicted molar refractivity (Wildman–Crippen MR) is 62.7 cm³/mol. The summed E-state index contributed by atoms with van der Waals surface area (Å²) in [5.74, 6) is 1.03. The summed E-state index contributed by atoms with van der Waals surface area (Å²) in [4.78, 5) is 8.38. The van der Waals surface area contributed by atoms with Crippen LogP contribution in [0.4, 0.5) is 5.95 Å². The first-order valence-corrected chi connectivity index (χ1v) is 5.35. The molecule has 0 radical (unpaired) electrons. The molecule has 0 atom stereocenters. The van der Waals surface area contributed by atoms with Crippen molar-refractivity contribution in [1.29, 1.82) is 0 Å². The lowest BCUT2D eigenvalue weighted by molar-refractivity contribution is 0.0943. The van der Waals surface area contributed by atoms with Gasteiger partial charge in [-0.2, -0.15) is 4.98 Å². The lowest BCUT2D eigenvalue weighted by Gasteiger charge is -2.17. The minimum absolute atomic E-state index is 0.391. The smallest absolute Gasteiger partial charge is 0.226 e. The number of anilines is 1. The first kappa shape index (κ1) is 12.7. The van der Waals surface area contributed by atoms with Gasteiger partial charge in [-0.05, 0) is 27.7 Å². The van der Waals surface area contributed by atoms with E-state index in [1.54, 1.807) is 19.9 Å². The van der Waals surface area contributed by atoms with Gasteiger partial charge in [0.25, 0.3) is 0 Å². The number of nitrogens with zero attached hydrogens (tertiary/aromatic N) is 2. The fourth-order valence-electron chi connectivity index (χ4n) is 1.14. The van der Waals surface area contributed by atoms with Crippen molar-refractivity contribution in [3.63, 3.8) is 0 Å². The summed E-state index contributed by atoms with van der Waals surface area (Å²) in [5, 5.41) is 12.5. The number of aliphatic hydroxyl groups is 1. The van der Waals surface area contributed by atoms with Crippen LogP contribution in [0.1, 0.15) is 26.5 Å². The monoisotopic (exact) mass is 225 g/mol. The van der Waals surface area contributed by atoms with Crippen LogP contribution in [0.15, 0.2) is 6.07 Å². The third kappa shape index (κ3) is 4.44. The van der Waals surface area contributed by atoms with Gasteiger partial charge in [0.1, 0.15) is 0 Å². The Hall–Kier alpha value is -1.36. The van der Waals surface area contributed by atoms with Gasteiger partial charge in [0.05, 0.1) is 12.2 Å². The molecule has 0 fully saturated rings. The maximum atomic E-state index is 9.57.